The lowest BCUT2D eigenvalue weighted by molar-refractivity contribution is -0.0866. The van der Waals surface area contributed by atoms with Crippen LogP contribution in [0, 0.1) is 11.6 Å². The molecule has 1 saturated heterocycles. The number of alkyl halides is 2. The van der Waals surface area contributed by atoms with Crippen molar-refractivity contribution in [3.8, 4) is 0 Å². The Morgan fingerprint density at radius 1 is 1.12 bits per heavy atom. The van der Waals surface area contributed by atoms with Gasteiger partial charge in [-0.25, -0.2) is 22.4 Å². The number of aromatic amines is 1. The normalized spacial score (nSPS) is 20.4. The van der Waals surface area contributed by atoms with Gasteiger partial charge in [-0.05, 0) is 45.9 Å². The summed E-state index contributed by atoms with van der Waals surface area (Å²) in [5.41, 5.74) is 1.25. The van der Waals surface area contributed by atoms with Gasteiger partial charge in [0.2, 0.25) is 0 Å². The van der Waals surface area contributed by atoms with Gasteiger partial charge in [-0.2, -0.15) is 0 Å². The van der Waals surface area contributed by atoms with Gasteiger partial charge in [0, 0.05) is 59.0 Å². The molecule has 2 aromatic carbocycles. The fourth-order valence-electron chi connectivity index (χ4n) is 5.61. The number of para-hydroxylation sites is 1. The highest BCUT2D eigenvalue weighted by Gasteiger charge is 2.43. The molecule has 7 nitrogen and oxygen atoms in total. The lowest BCUT2D eigenvalue weighted by Gasteiger charge is -2.42. The molecule has 2 atom stereocenters. The van der Waals surface area contributed by atoms with Crippen LogP contribution in [0.4, 0.5) is 28.0 Å². The zero-order chi connectivity index (χ0) is 29.0. The largest absolute Gasteiger partial charge is 0.444 e. The van der Waals surface area contributed by atoms with Crippen molar-refractivity contribution in [3.05, 3.63) is 64.9 Å². The maximum Gasteiger partial charge on any atom is 0.410 e. The SMILES string of the molecule is CC1Cc2[nH]c3ccccc3c2C(c2c(F)cc(NC3CN(C(=O)OC(C)(C)C)C3)cc2F)N1CC(F)(F)CO. The van der Waals surface area contributed by atoms with E-state index in [9.17, 15) is 18.7 Å². The number of hydrogen-bond acceptors (Lipinski definition) is 5. The molecular weight excluding hydrogens is 528 g/mol. The monoisotopic (exact) mass is 562 g/mol. The predicted molar refractivity (Wildman–Crippen MR) is 144 cm³/mol. The first-order valence-corrected chi connectivity index (χ1v) is 13.3. The van der Waals surface area contributed by atoms with Crippen LogP contribution in [0.1, 0.15) is 50.6 Å². The third-order valence-corrected chi connectivity index (χ3v) is 7.40. The Bertz CT molecular complexity index is 1390. The molecule has 3 heterocycles. The van der Waals surface area contributed by atoms with E-state index in [1.807, 2.05) is 12.1 Å². The number of hydrogen-bond donors (Lipinski definition) is 3. The van der Waals surface area contributed by atoms with Crippen LogP contribution in [-0.4, -0.2) is 75.8 Å². The number of aromatic nitrogens is 1. The summed E-state index contributed by atoms with van der Waals surface area (Å²) in [5, 5.41) is 13.0. The van der Waals surface area contributed by atoms with Crippen molar-refractivity contribution in [2.45, 2.75) is 63.8 Å². The molecule has 5 rings (SSSR count). The lowest BCUT2D eigenvalue weighted by Crippen LogP contribution is -2.57. The third kappa shape index (κ3) is 5.49. The Kier molecular flexibility index (Phi) is 7.24. The van der Waals surface area contributed by atoms with Gasteiger partial charge in [-0.15, -0.1) is 0 Å². The average Bonchev–Trinajstić information content (AvgIpc) is 3.19. The van der Waals surface area contributed by atoms with Crippen LogP contribution in [0.5, 0.6) is 0 Å². The first-order chi connectivity index (χ1) is 18.8. The maximum atomic E-state index is 15.8. The van der Waals surface area contributed by atoms with E-state index in [1.165, 1.54) is 9.80 Å². The summed E-state index contributed by atoms with van der Waals surface area (Å²) >= 11 is 0. The number of aliphatic hydroxyl groups excluding tert-OH is 1. The number of anilines is 1. The van der Waals surface area contributed by atoms with Gasteiger partial charge in [0.1, 0.15) is 23.8 Å². The van der Waals surface area contributed by atoms with Gasteiger partial charge in [0.15, 0.2) is 0 Å². The second kappa shape index (κ2) is 10.3. The van der Waals surface area contributed by atoms with Crippen molar-refractivity contribution in [2.75, 3.05) is 31.6 Å². The number of fused-ring (bicyclic) bond motifs is 3. The Balaban J connectivity index is 1.46. The number of nitrogens with one attached hydrogen (secondary N) is 2. The van der Waals surface area contributed by atoms with Crippen molar-refractivity contribution < 1.29 is 32.2 Å². The maximum absolute atomic E-state index is 15.8. The Morgan fingerprint density at radius 2 is 1.77 bits per heavy atom. The van der Waals surface area contributed by atoms with Gasteiger partial charge in [0.25, 0.3) is 5.92 Å². The number of carbonyl (C=O) groups excluding carboxylic acids is 1. The highest BCUT2D eigenvalue weighted by Crippen LogP contribution is 2.44. The molecule has 2 aliphatic rings. The Morgan fingerprint density at radius 3 is 2.40 bits per heavy atom. The molecule has 1 fully saturated rings. The van der Waals surface area contributed by atoms with E-state index in [2.05, 4.69) is 10.3 Å². The quantitative estimate of drug-likeness (QED) is 0.349. The van der Waals surface area contributed by atoms with Crippen LogP contribution in [-0.2, 0) is 11.2 Å². The number of likely N-dealkylation sites (tertiary alicyclic amines) is 1. The molecule has 40 heavy (non-hydrogen) atoms. The standard InChI is InChI=1S/C29H34F4N4O3/c1-16-9-23-24(19-7-5-6-8-22(19)35-23)26(37(16)14-29(32,33)15-38)25-20(30)10-17(11-21(25)31)34-18-12-36(13-18)27(39)40-28(2,3)4/h5-8,10-11,16,18,26,34-35,38H,9,12-15H2,1-4H3. The molecule has 2 unspecified atom stereocenters. The molecule has 0 aliphatic carbocycles. The molecule has 0 bridgehead atoms. The summed E-state index contributed by atoms with van der Waals surface area (Å²) in [7, 11) is 0. The van der Waals surface area contributed by atoms with Crippen LogP contribution >= 0.6 is 0 Å². The number of ether oxygens (including phenoxy) is 1. The van der Waals surface area contributed by atoms with Crippen LogP contribution < -0.4 is 5.32 Å². The fourth-order valence-corrected chi connectivity index (χ4v) is 5.61. The van der Waals surface area contributed by atoms with E-state index in [1.54, 1.807) is 39.8 Å². The summed E-state index contributed by atoms with van der Waals surface area (Å²) in [6.07, 6.45) is -0.0836. The molecule has 11 heteroatoms. The van der Waals surface area contributed by atoms with E-state index < -0.39 is 54.5 Å². The lowest BCUT2D eigenvalue weighted by atomic mass is 9.86. The predicted octanol–water partition coefficient (Wildman–Crippen LogP) is 5.44. The zero-order valence-electron chi connectivity index (χ0n) is 22.9. The highest BCUT2D eigenvalue weighted by molar-refractivity contribution is 5.86. The van der Waals surface area contributed by atoms with Gasteiger partial charge >= 0.3 is 6.09 Å². The molecule has 216 valence electrons. The van der Waals surface area contributed by atoms with Crippen LogP contribution in [0.15, 0.2) is 36.4 Å². The van der Waals surface area contributed by atoms with Crippen LogP contribution in [0.3, 0.4) is 0 Å². The molecule has 3 N–H and O–H groups in total. The van der Waals surface area contributed by atoms with Gasteiger partial charge in [0.05, 0.1) is 18.6 Å². The average molecular weight is 563 g/mol. The minimum absolute atomic E-state index is 0.183. The molecule has 3 aromatic rings. The van der Waals surface area contributed by atoms with Crippen molar-refractivity contribution in [2.24, 2.45) is 0 Å². The Labute approximate surface area is 230 Å². The highest BCUT2D eigenvalue weighted by atomic mass is 19.3. The number of H-pyrrole nitrogens is 1. The van der Waals surface area contributed by atoms with Crippen LogP contribution in [0.2, 0.25) is 0 Å². The summed E-state index contributed by atoms with van der Waals surface area (Å²) in [5.74, 6) is -5.22. The fraction of sp³-hybridized carbons (Fsp3) is 0.483. The van der Waals surface area contributed by atoms with Crippen LogP contribution in [0.25, 0.3) is 10.9 Å². The first kappa shape index (κ1) is 28.2. The minimum Gasteiger partial charge on any atom is -0.444 e. The van der Waals surface area contributed by atoms with E-state index >= 15 is 8.78 Å². The number of carbonyl (C=O) groups is 1. The van der Waals surface area contributed by atoms with Gasteiger partial charge < -0.3 is 25.0 Å². The molecule has 2 aliphatic heterocycles. The molecule has 1 amide bonds. The summed E-state index contributed by atoms with van der Waals surface area (Å²) in [6, 6.07) is 7.70. The number of nitrogens with zero attached hydrogens (tertiary/aromatic N) is 2. The second-order valence-electron chi connectivity index (χ2n) is 11.8. The summed E-state index contributed by atoms with van der Waals surface area (Å²) in [6.45, 7) is 5.41. The smallest absolute Gasteiger partial charge is 0.410 e. The molecule has 0 saturated carbocycles. The molecular formula is C29H34F4N4O3. The zero-order valence-corrected chi connectivity index (χ0v) is 22.9. The van der Waals surface area contributed by atoms with E-state index in [-0.39, 0.29) is 17.3 Å². The Hall–Kier alpha value is -3.31. The van der Waals surface area contributed by atoms with E-state index in [0.29, 0.717) is 30.5 Å². The van der Waals surface area contributed by atoms with Gasteiger partial charge in [-0.1, -0.05) is 18.2 Å². The van der Waals surface area contributed by atoms with Gasteiger partial charge in [-0.3, -0.25) is 4.90 Å². The number of aliphatic hydroxyl groups is 1. The molecule has 1 aromatic heterocycles. The first-order valence-electron chi connectivity index (χ1n) is 13.3. The van der Waals surface area contributed by atoms with E-state index in [0.717, 1.165) is 23.3 Å². The second-order valence-corrected chi connectivity index (χ2v) is 11.8. The number of halogens is 4. The molecule has 0 spiro atoms. The number of rotatable bonds is 6. The number of amides is 1. The van der Waals surface area contributed by atoms with Crippen molar-refractivity contribution in [1.29, 1.82) is 0 Å². The number of benzene rings is 2. The van der Waals surface area contributed by atoms with Crippen molar-refractivity contribution >= 4 is 22.7 Å². The van der Waals surface area contributed by atoms with Crippen molar-refractivity contribution in [3.63, 3.8) is 0 Å². The van der Waals surface area contributed by atoms with Crippen molar-refractivity contribution in [1.82, 2.24) is 14.8 Å². The molecule has 0 radical (unpaired) electrons. The minimum atomic E-state index is -3.46. The summed E-state index contributed by atoms with van der Waals surface area (Å²) in [4.78, 5) is 18.4. The topological polar surface area (TPSA) is 80.8 Å². The third-order valence-electron chi connectivity index (χ3n) is 7.40. The summed E-state index contributed by atoms with van der Waals surface area (Å²) < 4.78 is 66.0. The van der Waals surface area contributed by atoms with E-state index in [4.69, 9.17) is 4.74 Å².